The van der Waals surface area contributed by atoms with Crippen LogP contribution in [0.2, 0.25) is 0 Å². The van der Waals surface area contributed by atoms with Crippen LogP contribution < -0.4 is 10.1 Å². The average Bonchev–Trinajstić information content (AvgIpc) is 2.55. The third-order valence-corrected chi connectivity index (χ3v) is 3.76. The Balaban J connectivity index is 2.24. The Morgan fingerprint density at radius 1 is 0.926 bits per heavy atom. The van der Waals surface area contributed by atoms with Gasteiger partial charge < -0.3 is 14.8 Å². The van der Waals surface area contributed by atoms with Crippen LogP contribution in [0.15, 0.2) is 18.2 Å². The number of ketones is 2. The molecule has 0 unspecified atom stereocenters. The zero-order chi connectivity index (χ0) is 20.4. The Hall–Kier alpha value is -2.37. The van der Waals surface area contributed by atoms with Crippen molar-refractivity contribution in [3.63, 3.8) is 0 Å². The number of unbranched alkanes of at least 4 members (excludes halogenated alkanes) is 3. The number of carbonyl (C=O) groups excluding carboxylic acids is 3. The van der Waals surface area contributed by atoms with Gasteiger partial charge in [-0.2, -0.15) is 0 Å². The lowest BCUT2D eigenvalue weighted by Gasteiger charge is -2.19. The molecule has 1 aromatic carbocycles. The number of Topliss-reactive ketones (excluding diaryl/α,β-unsaturated/α-hetero) is 2. The topological polar surface area (TPSA) is 81.7 Å². The molecule has 150 valence electrons. The second-order valence-electron chi connectivity index (χ2n) is 7.51. The molecule has 0 spiro atoms. The fourth-order valence-corrected chi connectivity index (χ4v) is 2.49. The fourth-order valence-electron chi connectivity index (χ4n) is 2.49. The van der Waals surface area contributed by atoms with E-state index >= 15 is 0 Å². The number of carbonyl (C=O) groups is 3. The van der Waals surface area contributed by atoms with Gasteiger partial charge in [-0.1, -0.05) is 12.8 Å². The normalized spacial score (nSPS) is 11.0. The first-order chi connectivity index (χ1) is 12.6. The standard InChI is InChI=1S/C21H31NO5/c1-15(23)18-11-10-17(14-19(18)16(2)24)26-13-9-7-6-8-12-22-20(25)27-21(3,4)5/h10-11,14H,6-9,12-13H2,1-5H3,(H,22,25). The first-order valence-corrected chi connectivity index (χ1v) is 9.36. The number of amides is 1. The van der Waals surface area contributed by atoms with E-state index in [0.717, 1.165) is 25.7 Å². The number of hydrogen-bond acceptors (Lipinski definition) is 5. The summed E-state index contributed by atoms with van der Waals surface area (Å²) in [5.41, 5.74) is 0.340. The minimum atomic E-state index is -0.480. The summed E-state index contributed by atoms with van der Waals surface area (Å²) >= 11 is 0. The predicted octanol–water partition coefficient (Wildman–Crippen LogP) is 4.56. The van der Waals surface area contributed by atoms with E-state index in [2.05, 4.69) is 5.32 Å². The van der Waals surface area contributed by atoms with Gasteiger partial charge in [-0.05, 0) is 65.7 Å². The Morgan fingerprint density at radius 2 is 1.56 bits per heavy atom. The van der Waals surface area contributed by atoms with Crippen molar-refractivity contribution in [1.82, 2.24) is 5.32 Å². The minimum Gasteiger partial charge on any atom is -0.494 e. The summed E-state index contributed by atoms with van der Waals surface area (Å²) in [5.74, 6) is 0.312. The van der Waals surface area contributed by atoms with Gasteiger partial charge in [-0.25, -0.2) is 4.79 Å². The molecule has 6 heteroatoms. The fraction of sp³-hybridized carbons (Fsp3) is 0.571. The summed E-state index contributed by atoms with van der Waals surface area (Å²) in [5, 5.41) is 2.74. The van der Waals surface area contributed by atoms with Crippen LogP contribution in [-0.4, -0.2) is 36.4 Å². The van der Waals surface area contributed by atoms with Gasteiger partial charge in [0.1, 0.15) is 11.4 Å². The van der Waals surface area contributed by atoms with E-state index in [4.69, 9.17) is 9.47 Å². The first kappa shape index (κ1) is 22.7. The van der Waals surface area contributed by atoms with Gasteiger partial charge >= 0.3 is 6.09 Å². The van der Waals surface area contributed by atoms with E-state index in [1.54, 1.807) is 18.2 Å². The smallest absolute Gasteiger partial charge is 0.407 e. The molecule has 1 amide bonds. The SMILES string of the molecule is CC(=O)c1ccc(OCCCCCCNC(=O)OC(C)(C)C)cc1C(C)=O. The summed E-state index contributed by atoms with van der Waals surface area (Å²) < 4.78 is 10.8. The Kier molecular flexibility index (Phi) is 8.98. The van der Waals surface area contributed by atoms with Crippen LogP contribution in [-0.2, 0) is 4.74 Å². The number of ether oxygens (including phenoxy) is 2. The van der Waals surface area contributed by atoms with Crippen LogP contribution in [0.25, 0.3) is 0 Å². The van der Waals surface area contributed by atoms with Crippen molar-refractivity contribution in [3.8, 4) is 5.75 Å². The molecule has 1 N–H and O–H groups in total. The molecular formula is C21H31NO5. The van der Waals surface area contributed by atoms with Crippen molar-refractivity contribution in [2.75, 3.05) is 13.2 Å². The highest BCUT2D eigenvalue weighted by Gasteiger charge is 2.15. The van der Waals surface area contributed by atoms with Crippen LogP contribution in [0.1, 0.15) is 81.0 Å². The lowest BCUT2D eigenvalue weighted by atomic mass is 10.0. The van der Waals surface area contributed by atoms with Crippen molar-refractivity contribution in [2.45, 2.75) is 65.9 Å². The largest absolute Gasteiger partial charge is 0.494 e. The van der Waals surface area contributed by atoms with Gasteiger partial charge in [0.2, 0.25) is 0 Å². The minimum absolute atomic E-state index is 0.133. The molecular weight excluding hydrogens is 346 g/mol. The van der Waals surface area contributed by atoms with Crippen molar-refractivity contribution in [2.24, 2.45) is 0 Å². The lowest BCUT2D eigenvalue weighted by Crippen LogP contribution is -2.32. The van der Waals surface area contributed by atoms with Crippen molar-refractivity contribution >= 4 is 17.7 Å². The van der Waals surface area contributed by atoms with E-state index in [-0.39, 0.29) is 17.7 Å². The second-order valence-corrected chi connectivity index (χ2v) is 7.51. The second kappa shape index (κ2) is 10.7. The average molecular weight is 377 g/mol. The number of hydrogen-bond donors (Lipinski definition) is 1. The van der Waals surface area contributed by atoms with E-state index in [1.807, 2.05) is 20.8 Å². The quantitative estimate of drug-likeness (QED) is 0.478. The molecule has 0 aliphatic carbocycles. The molecule has 0 saturated heterocycles. The molecule has 27 heavy (non-hydrogen) atoms. The zero-order valence-corrected chi connectivity index (χ0v) is 17.0. The van der Waals surface area contributed by atoms with Gasteiger partial charge in [0, 0.05) is 17.7 Å². The summed E-state index contributed by atoms with van der Waals surface area (Å²) in [7, 11) is 0. The van der Waals surface area contributed by atoms with Crippen LogP contribution in [0.5, 0.6) is 5.75 Å². The van der Waals surface area contributed by atoms with E-state index < -0.39 is 5.60 Å². The predicted molar refractivity (Wildman–Crippen MR) is 105 cm³/mol. The Labute approximate surface area is 161 Å². The van der Waals surface area contributed by atoms with Crippen LogP contribution in [0.4, 0.5) is 4.79 Å². The van der Waals surface area contributed by atoms with E-state index in [0.29, 0.717) is 30.0 Å². The summed E-state index contributed by atoms with van der Waals surface area (Å²) in [4.78, 5) is 34.7. The number of alkyl carbamates (subject to hydrolysis) is 1. The van der Waals surface area contributed by atoms with Crippen LogP contribution in [0.3, 0.4) is 0 Å². The summed E-state index contributed by atoms with van der Waals surface area (Å²) in [6.07, 6.45) is 3.31. The third-order valence-electron chi connectivity index (χ3n) is 3.76. The van der Waals surface area contributed by atoms with Crippen LogP contribution >= 0.6 is 0 Å². The molecule has 6 nitrogen and oxygen atoms in total. The van der Waals surface area contributed by atoms with Gasteiger partial charge in [-0.15, -0.1) is 0 Å². The lowest BCUT2D eigenvalue weighted by molar-refractivity contribution is 0.0526. The van der Waals surface area contributed by atoms with E-state index in [1.165, 1.54) is 13.8 Å². The van der Waals surface area contributed by atoms with Gasteiger partial charge in [0.15, 0.2) is 11.6 Å². The maximum atomic E-state index is 11.7. The van der Waals surface area contributed by atoms with E-state index in [9.17, 15) is 14.4 Å². The Bertz CT molecular complexity index is 661. The van der Waals surface area contributed by atoms with Gasteiger partial charge in [0.05, 0.1) is 6.61 Å². The monoisotopic (exact) mass is 377 g/mol. The summed E-state index contributed by atoms with van der Waals surface area (Å²) in [6, 6.07) is 4.98. The maximum absolute atomic E-state index is 11.7. The molecule has 0 atom stereocenters. The molecule has 0 radical (unpaired) electrons. The molecule has 1 aromatic rings. The molecule has 0 aliphatic rings. The van der Waals surface area contributed by atoms with Crippen LogP contribution in [0, 0.1) is 0 Å². The number of rotatable bonds is 10. The zero-order valence-electron chi connectivity index (χ0n) is 17.0. The molecule has 0 bridgehead atoms. The maximum Gasteiger partial charge on any atom is 0.407 e. The van der Waals surface area contributed by atoms with Crippen molar-refractivity contribution in [1.29, 1.82) is 0 Å². The Morgan fingerprint density at radius 3 is 2.15 bits per heavy atom. The number of nitrogens with one attached hydrogen (secondary N) is 1. The summed E-state index contributed by atoms with van der Waals surface area (Å²) in [6.45, 7) is 9.51. The highest BCUT2D eigenvalue weighted by molar-refractivity contribution is 6.07. The molecule has 0 heterocycles. The molecule has 0 aromatic heterocycles. The van der Waals surface area contributed by atoms with Crippen molar-refractivity contribution < 1.29 is 23.9 Å². The number of benzene rings is 1. The highest BCUT2D eigenvalue weighted by Crippen LogP contribution is 2.19. The molecule has 1 rings (SSSR count). The molecule has 0 fully saturated rings. The van der Waals surface area contributed by atoms with Crippen molar-refractivity contribution in [3.05, 3.63) is 29.3 Å². The third kappa shape index (κ3) is 9.22. The van der Waals surface area contributed by atoms with Gasteiger partial charge in [-0.3, -0.25) is 9.59 Å². The van der Waals surface area contributed by atoms with Gasteiger partial charge in [0.25, 0.3) is 0 Å². The molecule has 0 saturated carbocycles. The molecule has 0 aliphatic heterocycles. The highest BCUT2D eigenvalue weighted by atomic mass is 16.6. The first-order valence-electron chi connectivity index (χ1n) is 9.36.